The molecule has 0 unspecified atom stereocenters. The molecule has 0 fully saturated rings. The Morgan fingerprint density at radius 1 is 0.944 bits per heavy atom. The van der Waals surface area contributed by atoms with Crippen molar-refractivity contribution >= 4 is 20.6 Å². The average Bonchev–Trinajstić information content (AvgIpc) is 2.35. The van der Waals surface area contributed by atoms with Crippen LogP contribution in [-0.4, -0.2) is 34.4 Å². The number of rotatable bonds is 12. The number of thioether (sulfide) groups is 1. The van der Waals surface area contributed by atoms with Crippen LogP contribution >= 0.6 is 11.8 Å². The molecular weight excluding hydrogens is 266 g/mol. The minimum absolute atomic E-state index is 0.635. The third kappa shape index (κ3) is 8.11. The maximum atomic E-state index is 8.42. The molecule has 0 N–H and O–H groups in total. The van der Waals surface area contributed by atoms with E-state index in [1.165, 1.54) is 11.8 Å². The minimum Gasteiger partial charge on any atom is -0.374 e. The van der Waals surface area contributed by atoms with Crippen molar-refractivity contribution in [3.05, 3.63) is 0 Å². The zero-order chi connectivity index (χ0) is 13.7. The van der Waals surface area contributed by atoms with Crippen LogP contribution in [0, 0.1) is 10.7 Å². The smallest absolute Gasteiger partial charge is 0.374 e. The summed E-state index contributed by atoms with van der Waals surface area (Å²) in [6.45, 7) is 7.83. The van der Waals surface area contributed by atoms with Gasteiger partial charge in [0.15, 0.2) is 0 Å². The van der Waals surface area contributed by atoms with E-state index in [1.807, 2.05) is 20.8 Å². The van der Waals surface area contributed by atoms with Crippen LogP contribution in [0.15, 0.2) is 0 Å². The van der Waals surface area contributed by atoms with Crippen LogP contribution in [0.1, 0.15) is 40.0 Å². The average molecular weight is 291 g/mol. The molecule has 4 nitrogen and oxygen atoms in total. The quantitative estimate of drug-likeness (QED) is 0.313. The molecule has 0 heterocycles. The summed E-state index contributed by atoms with van der Waals surface area (Å²) in [5, 5.41) is 10.5. The molecule has 0 amide bonds. The number of nitrogens with zero attached hydrogens (tertiary/aromatic N) is 1. The van der Waals surface area contributed by atoms with Crippen LogP contribution in [-0.2, 0) is 13.3 Å². The van der Waals surface area contributed by atoms with Crippen molar-refractivity contribution in [2.75, 3.05) is 25.6 Å². The van der Waals surface area contributed by atoms with E-state index in [0.29, 0.717) is 19.8 Å². The maximum Gasteiger partial charge on any atom is 0.500 e. The molecule has 0 aliphatic rings. The number of nitriles is 1. The largest absolute Gasteiger partial charge is 0.500 e. The summed E-state index contributed by atoms with van der Waals surface area (Å²) in [7, 11) is -2.44. The molecule has 0 spiro atoms. The third-order valence-electron chi connectivity index (χ3n) is 2.39. The molecule has 0 atom stereocenters. The Morgan fingerprint density at radius 2 is 1.50 bits per heavy atom. The molecule has 6 heteroatoms. The minimum atomic E-state index is -2.44. The zero-order valence-electron chi connectivity index (χ0n) is 11.7. The van der Waals surface area contributed by atoms with E-state index in [-0.39, 0.29) is 0 Å². The van der Waals surface area contributed by atoms with Gasteiger partial charge in [0.1, 0.15) is 5.40 Å². The first-order chi connectivity index (χ1) is 8.74. The fourth-order valence-corrected chi connectivity index (χ4v) is 4.86. The molecule has 0 rings (SSSR count). The van der Waals surface area contributed by atoms with E-state index in [1.54, 1.807) is 0 Å². The highest BCUT2D eigenvalue weighted by molar-refractivity contribution is 8.03. The van der Waals surface area contributed by atoms with E-state index in [4.69, 9.17) is 18.5 Å². The summed E-state index contributed by atoms with van der Waals surface area (Å²) in [4.78, 5) is 0. The normalized spacial score (nSPS) is 11.4. The molecule has 18 heavy (non-hydrogen) atoms. The van der Waals surface area contributed by atoms with Gasteiger partial charge in [-0.05, 0) is 45.4 Å². The Bertz CT molecular complexity index is 219. The Morgan fingerprint density at radius 3 is 1.94 bits per heavy atom. The lowest BCUT2D eigenvalue weighted by Gasteiger charge is -2.28. The third-order valence-corrected chi connectivity index (χ3v) is 6.16. The Hall–Kier alpha value is -0.0631. The van der Waals surface area contributed by atoms with E-state index < -0.39 is 8.80 Å². The van der Waals surface area contributed by atoms with Crippen LogP contribution in [0.3, 0.4) is 0 Å². The molecule has 0 aromatic rings. The standard InChI is InChI=1S/C12H25NO3SSi/c1-4-14-18(15-5-2,16-6-3)11-9-7-8-10-17-12-13/h4-11H2,1-3H3. The van der Waals surface area contributed by atoms with Crippen LogP contribution in [0.4, 0.5) is 0 Å². The summed E-state index contributed by atoms with van der Waals surface area (Å²) in [6, 6.07) is 0.875. The van der Waals surface area contributed by atoms with Crippen molar-refractivity contribution in [3.8, 4) is 5.40 Å². The van der Waals surface area contributed by atoms with E-state index in [0.717, 1.165) is 31.1 Å². The van der Waals surface area contributed by atoms with Crippen molar-refractivity contribution in [1.29, 1.82) is 5.26 Å². The van der Waals surface area contributed by atoms with Gasteiger partial charge in [0.05, 0.1) is 0 Å². The fraction of sp³-hybridized carbons (Fsp3) is 0.917. The highest BCUT2D eigenvalue weighted by Gasteiger charge is 2.39. The van der Waals surface area contributed by atoms with E-state index in [2.05, 4.69) is 5.40 Å². The van der Waals surface area contributed by atoms with Crippen molar-refractivity contribution in [2.24, 2.45) is 0 Å². The van der Waals surface area contributed by atoms with Gasteiger partial charge in [-0.15, -0.1) is 0 Å². The molecule has 106 valence electrons. The topological polar surface area (TPSA) is 51.5 Å². The Labute approximate surface area is 116 Å². The van der Waals surface area contributed by atoms with Gasteiger partial charge in [0.25, 0.3) is 0 Å². The summed E-state index contributed by atoms with van der Waals surface area (Å²) in [6.07, 6.45) is 3.20. The van der Waals surface area contributed by atoms with Gasteiger partial charge in [-0.1, -0.05) is 6.42 Å². The monoisotopic (exact) mass is 291 g/mol. The van der Waals surface area contributed by atoms with Crippen molar-refractivity contribution in [3.63, 3.8) is 0 Å². The lowest BCUT2D eigenvalue weighted by molar-refractivity contribution is 0.0707. The van der Waals surface area contributed by atoms with Crippen molar-refractivity contribution in [2.45, 2.75) is 46.1 Å². The SMILES string of the molecule is CCO[Si](CCCCCSC#N)(OCC)OCC. The zero-order valence-corrected chi connectivity index (χ0v) is 13.6. The van der Waals surface area contributed by atoms with Gasteiger partial charge in [0.2, 0.25) is 0 Å². The van der Waals surface area contributed by atoms with Gasteiger partial charge in [0, 0.05) is 31.6 Å². The second-order valence-electron chi connectivity index (χ2n) is 3.73. The van der Waals surface area contributed by atoms with Gasteiger partial charge in [-0.3, -0.25) is 0 Å². The van der Waals surface area contributed by atoms with Gasteiger partial charge in [-0.2, -0.15) is 5.26 Å². The molecule has 0 bridgehead atoms. The van der Waals surface area contributed by atoms with Crippen molar-refractivity contribution < 1.29 is 13.3 Å². The number of hydrogen-bond donors (Lipinski definition) is 0. The summed E-state index contributed by atoms with van der Waals surface area (Å²) in [5.74, 6) is 0.906. The Kier molecular flexibility index (Phi) is 12.0. The number of thiocyanates is 1. The molecule has 0 aromatic carbocycles. The first-order valence-corrected chi connectivity index (χ1v) is 9.59. The molecule has 0 saturated heterocycles. The highest BCUT2D eigenvalue weighted by atomic mass is 32.2. The molecule has 0 aliphatic heterocycles. The summed E-state index contributed by atoms with van der Waals surface area (Å²) in [5.41, 5.74) is 0. The first-order valence-electron chi connectivity index (χ1n) is 6.67. The highest BCUT2D eigenvalue weighted by Crippen LogP contribution is 2.20. The second-order valence-corrected chi connectivity index (χ2v) is 7.34. The van der Waals surface area contributed by atoms with Crippen molar-refractivity contribution in [1.82, 2.24) is 0 Å². The number of unbranched alkanes of at least 4 members (excludes halogenated alkanes) is 2. The van der Waals surface area contributed by atoms with Crippen LogP contribution in [0.5, 0.6) is 0 Å². The molecular formula is C12H25NO3SSi. The van der Waals surface area contributed by atoms with Crippen LogP contribution < -0.4 is 0 Å². The fourth-order valence-electron chi connectivity index (χ4n) is 1.74. The lowest BCUT2D eigenvalue weighted by atomic mass is 10.3. The van der Waals surface area contributed by atoms with Gasteiger partial charge in [-0.25, -0.2) is 0 Å². The lowest BCUT2D eigenvalue weighted by Crippen LogP contribution is -2.45. The van der Waals surface area contributed by atoms with Gasteiger partial charge >= 0.3 is 8.80 Å². The maximum absolute atomic E-state index is 8.42. The summed E-state index contributed by atoms with van der Waals surface area (Å²) < 4.78 is 17.3. The molecule has 0 radical (unpaired) electrons. The van der Waals surface area contributed by atoms with Crippen LogP contribution in [0.2, 0.25) is 6.04 Å². The van der Waals surface area contributed by atoms with Gasteiger partial charge < -0.3 is 13.3 Å². The summed E-state index contributed by atoms with van der Waals surface area (Å²) >= 11 is 1.32. The first kappa shape index (κ1) is 17.9. The number of hydrogen-bond acceptors (Lipinski definition) is 5. The Balaban J connectivity index is 4.01. The van der Waals surface area contributed by atoms with Crippen LogP contribution in [0.25, 0.3) is 0 Å². The predicted molar refractivity (Wildman–Crippen MR) is 77.4 cm³/mol. The predicted octanol–water partition coefficient (Wildman–Crippen LogP) is 3.42. The van der Waals surface area contributed by atoms with E-state index in [9.17, 15) is 0 Å². The molecule has 0 aliphatic carbocycles. The molecule has 0 saturated carbocycles. The molecule has 0 aromatic heterocycles. The second kappa shape index (κ2) is 12.0. The van der Waals surface area contributed by atoms with E-state index >= 15 is 0 Å².